The second-order valence-electron chi connectivity index (χ2n) is 5.29. The third kappa shape index (κ3) is 4.17. The molecule has 5 nitrogen and oxygen atoms in total. The van der Waals surface area contributed by atoms with Crippen LogP contribution >= 0.6 is 0 Å². The maximum atomic E-state index is 12.2. The van der Waals surface area contributed by atoms with Gasteiger partial charge in [0.1, 0.15) is 6.04 Å². The zero-order valence-corrected chi connectivity index (χ0v) is 15.2. The van der Waals surface area contributed by atoms with Gasteiger partial charge in [0.25, 0.3) is 5.91 Å². The fraction of sp³-hybridized carbons (Fsp3) is 0.111. The standard InChI is InChI=1S/C18H16N2O3.Ca.2H/c21-17(12-6-2-1-3-7-12)20-16(18(22)23)10-13-11-19-15-9-5-4-8-14(13)15;;;/h1-9,11,16,19H,10H2,(H,20,21)(H,22,23);;;/q;+2;2*-1/t16-;;;/m0.../s1. The van der Waals surface area contributed by atoms with E-state index in [0.29, 0.717) is 5.56 Å². The van der Waals surface area contributed by atoms with Crippen molar-refractivity contribution in [2.75, 3.05) is 0 Å². The normalized spacial score (nSPS) is 11.5. The molecule has 0 spiro atoms. The van der Waals surface area contributed by atoms with E-state index in [4.69, 9.17) is 0 Å². The van der Waals surface area contributed by atoms with Crippen molar-refractivity contribution < 1.29 is 17.5 Å². The number of aromatic nitrogens is 1. The van der Waals surface area contributed by atoms with Crippen LogP contribution in [0.3, 0.4) is 0 Å². The van der Waals surface area contributed by atoms with Crippen LogP contribution in [0.5, 0.6) is 0 Å². The maximum Gasteiger partial charge on any atom is 2.00 e. The second kappa shape index (κ2) is 8.33. The number of para-hydroxylation sites is 1. The first-order chi connectivity index (χ1) is 11.1. The Morgan fingerprint density at radius 3 is 2.46 bits per heavy atom. The summed E-state index contributed by atoms with van der Waals surface area (Å²) in [7, 11) is 0. The van der Waals surface area contributed by atoms with E-state index in [2.05, 4.69) is 10.3 Å². The van der Waals surface area contributed by atoms with Crippen molar-refractivity contribution in [3.63, 3.8) is 0 Å². The summed E-state index contributed by atoms with van der Waals surface area (Å²) in [5.41, 5.74) is 2.25. The van der Waals surface area contributed by atoms with E-state index in [1.807, 2.05) is 24.3 Å². The van der Waals surface area contributed by atoms with Crippen LogP contribution in [-0.4, -0.2) is 65.7 Å². The number of amides is 1. The van der Waals surface area contributed by atoms with Gasteiger partial charge in [-0.05, 0) is 23.8 Å². The number of aliphatic carboxylic acids is 1. The molecule has 1 aromatic heterocycles. The molecule has 3 aromatic rings. The molecule has 0 aliphatic heterocycles. The van der Waals surface area contributed by atoms with Crippen molar-refractivity contribution in [1.82, 2.24) is 10.3 Å². The monoisotopic (exact) mass is 350 g/mol. The number of carbonyl (C=O) groups is 2. The number of carboxylic acids is 1. The Morgan fingerprint density at radius 2 is 1.75 bits per heavy atom. The van der Waals surface area contributed by atoms with Gasteiger partial charge in [0.05, 0.1) is 0 Å². The topological polar surface area (TPSA) is 82.2 Å². The third-order valence-electron chi connectivity index (χ3n) is 3.74. The number of rotatable bonds is 5. The van der Waals surface area contributed by atoms with E-state index in [-0.39, 0.29) is 47.0 Å². The zero-order chi connectivity index (χ0) is 16.2. The maximum absolute atomic E-state index is 12.2. The first-order valence-electron chi connectivity index (χ1n) is 7.29. The molecule has 1 amide bonds. The van der Waals surface area contributed by atoms with Crippen molar-refractivity contribution in [3.8, 4) is 0 Å². The minimum atomic E-state index is -1.06. The van der Waals surface area contributed by atoms with Crippen molar-refractivity contribution in [2.45, 2.75) is 12.5 Å². The van der Waals surface area contributed by atoms with Crippen LogP contribution in [0.2, 0.25) is 0 Å². The van der Waals surface area contributed by atoms with E-state index >= 15 is 0 Å². The Bertz CT molecular complexity index is 856. The van der Waals surface area contributed by atoms with Crippen molar-refractivity contribution >= 4 is 60.5 Å². The molecular formula is C18H18CaN2O3. The van der Waals surface area contributed by atoms with E-state index in [9.17, 15) is 14.7 Å². The first-order valence-corrected chi connectivity index (χ1v) is 7.29. The molecule has 24 heavy (non-hydrogen) atoms. The summed E-state index contributed by atoms with van der Waals surface area (Å²) in [5, 5.41) is 13.0. The van der Waals surface area contributed by atoms with Gasteiger partial charge in [-0.3, -0.25) is 4.79 Å². The first kappa shape index (κ1) is 18.5. The van der Waals surface area contributed by atoms with Gasteiger partial charge in [-0.1, -0.05) is 36.4 Å². The fourth-order valence-corrected chi connectivity index (χ4v) is 2.55. The smallest absolute Gasteiger partial charge is 1.00 e. The molecule has 0 aliphatic carbocycles. The number of nitrogens with one attached hydrogen (secondary N) is 2. The average molecular weight is 350 g/mol. The molecule has 0 aliphatic rings. The summed E-state index contributed by atoms with van der Waals surface area (Å²) >= 11 is 0. The molecule has 0 saturated carbocycles. The molecule has 0 bridgehead atoms. The second-order valence-corrected chi connectivity index (χ2v) is 5.29. The summed E-state index contributed by atoms with van der Waals surface area (Å²) in [6.07, 6.45) is 2.01. The Kier molecular flexibility index (Phi) is 6.43. The van der Waals surface area contributed by atoms with Gasteiger partial charge in [-0.15, -0.1) is 0 Å². The molecule has 1 atom stereocenters. The zero-order valence-electron chi connectivity index (χ0n) is 15.0. The molecule has 1 heterocycles. The Labute approximate surface area is 172 Å². The number of aromatic amines is 1. The van der Waals surface area contributed by atoms with Crippen molar-refractivity contribution in [1.29, 1.82) is 0 Å². The molecule has 120 valence electrons. The summed E-state index contributed by atoms with van der Waals surface area (Å²) in [4.78, 5) is 26.8. The van der Waals surface area contributed by atoms with Gasteiger partial charge in [0.2, 0.25) is 0 Å². The van der Waals surface area contributed by atoms with Gasteiger partial charge >= 0.3 is 43.7 Å². The fourth-order valence-electron chi connectivity index (χ4n) is 2.55. The Balaban J connectivity index is 0.00000208. The van der Waals surface area contributed by atoms with E-state index in [0.717, 1.165) is 16.5 Å². The average Bonchev–Trinajstić information content (AvgIpc) is 2.98. The minimum Gasteiger partial charge on any atom is -1.00 e. The Morgan fingerprint density at radius 1 is 1.08 bits per heavy atom. The predicted octanol–water partition coefficient (Wildman–Crippen LogP) is 2.44. The summed E-state index contributed by atoms with van der Waals surface area (Å²) in [6, 6.07) is 15.3. The summed E-state index contributed by atoms with van der Waals surface area (Å²) in [5.74, 6) is -1.45. The van der Waals surface area contributed by atoms with Crippen LogP contribution in [0.1, 0.15) is 18.8 Å². The number of fused-ring (bicyclic) bond motifs is 1. The van der Waals surface area contributed by atoms with E-state index < -0.39 is 17.9 Å². The molecule has 3 N–H and O–H groups in total. The molecular weight excluding hydrogens is 332 g/mol. The largest absolute Gasteiger partial charge is 2.00 e. The van der Waals surface area contributed by atoms with E-state index in [1.165, 1.54) is 0 Å². The van der Waals surface area contributed by atoms with Crippen LogP contribution in [0.15, 0.2) is 60.8 Å². The summed E-state index contributed by atoms with van der Waals surface area (Å²) in [6.45, 7) is 0. The number of hydrogen-bond donors (Lipinski definition) is 3. The van der Waals surface area contributed by atoms with Gasteiger partial charge < -0.3 is 18.3 Å². The van der Waals surface area contributed by atoms with Gasteiger partial charge in [-0.2, -0.15) is 0 Å². The number of carbonyl (C=O) groups excluding carboxylic acids is 1. The van der Waals surface area contributed by atoms with Crippen LogP contribution in [-0.2, 0) is 11.2 Å². The van der Waals surface area contributed by atoms with Gasteiger partial charge in [0, 0.05) is 29.1 Å². The number of H-pyrrole nitrogens is 1. The van der Waals surface area contributed by atoms with Crippen LogP contribution in [0.25, 0.3) is 10.9 Å². The van der Waals surface area contributed by atoms with Crippen LogP contribution < -0.4 is 5.32 Å². The predicted molar refractivity (Wildman–Crippen MR) is 95.3 cm³/mol. The summed E-state index contributed by atoms with van der Waals surface area (Å²) < 4.78 is 0. The number of carboxylic acid groups (broad SMARTS) is 1. The molecule has 0 fully saturated rings. The number of hydrogen-bond acceptors (Lipinski definition) is 2. The van der Waals surface area contributed by atoms with Crippen molar-refractivity contribution in [3.05, 3.63) is 71.9 Å². The molecule has 2 aromatic carbocycles. The van der Waals surface area contributed by atoms with E-state index in [1.54, 1.807) is 36.5 Å². The molecule has 3 rings (SSSR count). The molecule has 6 heteroatoms. The quantitative estimate of drug-likeness (QED) is 0.618. The SMILES string of the molecule is O=C(N[C@@H](Cc1c[nH]c2ccccc12)C(=O)O)c1ccccc1.[Ca+2].[H-].[H-]. The van der Waals surface area contributed by atoms with Crippen LogP contribution in [0.4, 0.5) is 0 Å². The molecule has 0 saturated heterocycles. The molecule has 0 radical (unpaired) electrons. The van der Waals surface area contributed by atoms with Gasteiger partial charge in [-0.25, -0.2) is 4.79 Å². The minimum absolute atomic E-state index is 0. The van der Waals surface area contributed by atoms with Crippen molar-refractivity contribution in [2.24, 2.45) is 0 Å². The third-order valence-corrected chi connectivity index (χ3v) is 3.74. The number of benzene rings is 2. The van der Waals surface area contributed by atoms with Crippen LogP contribution in [0, 0.1) is 0 Å². The molecule has 0 unspecified atom stereocenters. The van der Waals surface area contributed by atoms with Gasteiger partial charge in [0.15, 0.2) is 0 Å². The Hall–Kier alpha value is -1.82.